The van der Waals surface area contributed by atoms with Crippen LogP contribution in [0.4, 0.5) is 5.69 Å². The third-order valence-corrected chi connectivity index (χ3v) is 4.56. The minimum absolute atomic E-state index is 0.200. The zero-order chi connectivity index (χ0) is 14.8. The molecule has 0 aliphatic heterocycles. The van der Waals surface area contributed by atoms with Gasteiger partial charge in [0.05, 0.1) is 10.9 Å². The van der Waals surface area contributed by atoms with Gasteiger partial charge in [0.1, 0.15) is 12.2 Å². The lowest BCUT2D eigenvalue weighted by Crippen LogP contribution is -2.28. The highest BCUT2D eigenvalue weighted by Gasteiger charge is 2.22. The lowest BCUT2D eigenvalue weighted by molar-refractivity contribution is 0.559. The van der Waals surface area contributed by atoms with Crippen molar-refractivity contribution in [2.24, 2.45) is 0 Å². The number of nitrogens with zero attached hydrogens (tertiary/aromatic N) is 2. The van der Waals surface area contributed by atoms with Crippen LogP contribution in [0.25, 0.3) is 0 Å². The number of rotatable bonds is 5. The Kier molecular flexibility index (Phi) is 4.05. The average Bonchev–Trinajstić information content (AvgIpc) is 2.92. The number of anilines is 1. The van der Waals surface area contributed by atoms with Gasteiger partial charge in [0.25, 0.3) is 0 Å². The van der Waals surface area contributed by atoms with Crippen LogP contribution >= 0.6 is 0 Å². The van der Waals surface area contributed by atoms with Crippen LogP contribution in [-0.2, 0) is 16.4 Å². The Labute approximate surface area is 117 Å². The van der Waals surface area contributed by atoms with E-state index < -0.39 is 16.1 Å². The van der Waals surface area contributed by atoms with Gasteiger partial charge in [0.2, 0.25) is 10.0 Å². The minimum atomic E-state index is -3.67. The topological polar surface area (TPSA) is 114 Å². The van der Waals surface area contributed by atoms with Crippen molar-refractivity contribution in [3.05, 3.63) is 35.9 Å². The van der Waals surface area contributed by atoms with E-state index in [9.17, 15) is 8.42 Å². The van der Waals surface area contributed by atoms with E-state index in [2.05, 4.69) is 19.9 Å². The summed E-state index contributed by atoms with van der Waals surface area (Å²) in [5.41, 5.74) is 6.81. The second-order valence-corrected chi connectivity index (χ2v) is 6.12. The molecule has 1 unspecified atom stereocenters. The van der Waals surface area contributed by atoms with Crippen LogP contribution in [0, 0.1) is 0 Å². The molecule has 0 aliphatic rings. The second kappa shape index (κ2) is 5.59. The summed E-state index contributed by atoms with van der Waals surface area (Å²) in [4.78, 5) is 4.14. The van der Waals surface area contributed by atoms with Crippen LogP contribution in [-0.4, -0.2) is 23.6 Å². The summed E-state index contributed by atoms with van der Waals surface area (Å²) in [5.74, 6) is 0.454. The van der Waals surface area contributed by atoms with Crippen LogP contribution in [0.1, 0.15) is 31.3 Å². The number of aryl methyl sites for hydroxylation is 1. The third kappa shape index (κ3) is 2.97. The lowest BCUT2D eigenvalue weighted by atomic mass is 10.1. The molecule has 0 bridgehead atoms. The largest absolute Gasteiger partial charge is 0.399 e. The highest BCUT2D eigenvalue weighted by Crippen LogP contribution is 2.21. The zero-order valence-electron chi connectivity index (χ0n) is 11.3. The smallest absolute Gasteiger partial charge is 0.241 e. The number of nitrogens with one attached hydrogen (secondary N) is 2. The van der Waals surface area contributed by atoms with E-state index in [0.717, 1.165) is 5.56 Å². The number of hydrogen-bond acceptors (Lipinski definition) is 5. The van der Waals surface area contributed by atoms with Crippen molar-refractivity contribution in [2.75, 3.05) is 5.73 Å². The fourth-order valence-electron chi connectivity index (χ4n) is 1.89. The predicted octanol–water partition coefficient (Wildman–Crippen LogP) is 0.989. The quantitative estimate of drug-likeness (QED) is 0.712. The molecule has 0 amide bonds. The summed E-state index contributed by atoms with van der Waals surface area (Å²) >= 11 is 0. The minimum Gasteiger partial charge on any atom is -0.399 e. The van der Waals surface area contributed by atoms with Crippen LogP contribution in [0.2, 0.25) is 0 Å². The molecular formula is C12H17N5O2S. The van der Waals surface area contributed by atoms with Crippen molar-refractivity contribution in [1.82, 2.24) is 19.9 Å². The molecule has 0 saturated heterocycles. The summed E-state index contributed by atoms with van der Waals surface area (Å²) in [7, 11) is -3.67. The van der Waals surface area contributed by atoms with E-state index in [0.29, 0.717) is 17.9 Å². The monoisotopic (exact) mass is 295 g/mol. The molecule has 8 heteroatoms. The maximum Gasteiger partial charge on any atom is 0.241 e. The van der Waals surface area contributed by atoms with Gasteiger partial charge in [-0.1, -0.05) is 13.0 Å². The number of nitrogens with two attached hydrogens (primary N) is 1. The van der Waals surface area contributed by atoms with E-state index in [1.807, 2.05) is 6.92 Å². The molecule has 0 radical (unpaired) electrons. The lowest BCUT2D eigenvalue weighted by Gasteiger charge is -2.14. The van der Waals surface area contributed by atoms with Gasteiger partial charge in [-0.15, -0.1) is 0 Å². The van der Waals surface area contributed by atoms with Gasteiger partial charge < -0.3 is 5.73 Å². The molecule has 0 spiro atoms. The molecule has 0 fully saturated rings. The van der Waals surface area contributed by atoms with Crippen LogP contribution in [0.3, 0.4) is 0 Å². The molecule has 4 N–H and O–H groups in total. The van der Waals surface area contributed by atoms with Crippen LogP contribution in [0.5, 0.6) is 0 Å². The first-order valence-electron chi connectivity index (χ1n) is 6.20. The molecule has 108 valence electrons. The average molecular weight is 295 g/mol. The molecule has 7 nitrogen and oxygen atoms in total. The summed E-state index contributed by atoms with van der Waals surface area (Å²) in [6, 6.07) is 4.38. The fraction of sp³-hybridized carbons (Fsp3) is 0.333. The number of nitrogen functional groups attached to an aromatic ring is 1. The van der Waals surface area contributed by atoms with Crippen molar-refractivity contribution in [3.63, 3.8) is 0 Å². The normalized spacial score (nSPS) is 13.3. The first-order valence-corrected chi connectivity index (χ1v) is 7.68. The van der Waals surface area contributed by atoms with Crippen molar-refractivity contribution in [3.8, 4) is 0 Å². The van der Waals surface area contributed by atoms with Crippen molar-refractivity contribution < 1.29 is 8.42 Å². The van der Waals surface area contributed by atoms with Gasteiger partial charge in [0, 0.05) is 5.69 Å². The number of benzene rings is 1. The Morgan fingerprint density at radius 3 is 2.80 bits per heavy atom. The van der Waals surface area contributed by atoms with Gasteiger partial charge in [-0.25, -0.2) is 18.1 Å². The van der Waals surface area contributed by atoms with Crippen molar-refractivity contribution in [1.29, 1.82) is 0 Å². The predicted molar refractivity (Wildman–Crippen MR) is 75.4 cm³/mol. The van der Waals surface area contributed by atoms with Crippen LogP contribution in [0.15, 0.2) is 29.4 Å². The number of aromatic nitrogens is 3. The molecule has 20 heavy (non-hydrogen) atoms. The number of hydrogen-bond donors (Lipinski definition) is 3. The maximum absolute atomic E-state index is 12.4. The standard InChI is InChI=1S/C12H17N5O2S/c1-3-9-4-5-10(13)6-11(9)20(18,19)17-8(2)12-14-7-15-16-12/h4-8,17H,3,13H2,1-2H3,(H,14,15,16). The Bertz CT molecular complexity index is 682. The molecule has 0 aliphatic carbocycles. The summed E-state index contributed by atoms with van der Waals surface area (Å²) in [6.07, 6.45) is 1.94. The molecule has 2 aromatic rings. The van der Waals surface area contributed by atoms with E-state index in [1.165, 1.54) is 12.4 Å². The molecular weight excluding hydrogens is 278 g/mol. The number of sulfonamides is 1. The van der Waals surface area contributed by atoms with E-state index >= 15 is 0 Å². The van der Waals surface area contributed by atoms with Crippen LogP contribution < -0.4 is 10.5 Å². The highest BCUT2D eigenvalue weighted by molar-refractivity contribution is 7.89. The van der Waals surface area contributed by atoms with Crippen molar-refractivity contribution >= 4 is 15.7 Å². The Morgan fingerprint density at radius 2 is 2.20 bits per heavy atom. The number of H-pyrrole nitrogens is 1. The molecule has 1 heterocycles. The summed E-state index contributed by atoms with van der Waals surface area (Å²) in [5, 5.41) is 6.34. The molecule has 1 aromatic carbocycles. The summed E-state index contributed by atoms with van der Waals surface area (Å²) < 4.78 is 27.4. The van der Waals surface area contributed by atoms with Gasteiger partial charge >= 0.3 is 0 Å². The molecule has 0 saturated carbocycles. The van der Waals surface area contributed by atoms with Gasteiger partial charge in [-0.2, -0.15) is 5.10 Å². The van der Waals surface area contributed by atoms with Gasteiger partial charge in [-0.05, 0) is 31.0 Å². The first kappa shape index (κ1) is 14.5. The Balaban J connectivity index is 2.33. The zero-order valence-corrected chi connectivity index (χ0v) is 12.1. The van der Waals surface area contributed by atoms with E-state index in [4.69, 9.17) is 5.73 Å². The third-order valence-electron chi connectivity index (χ3n) is 2.94. The Morgan fingerprint density at radius 1 is 1.45 bits per heavy atom. The van der Waals surface area contributed by atoms with E-state index in [-0.39, 0.29) is 4.90 Å². The second-order valence-electron chi connectivity index (χ2n) is 4.43. The van der Waals surface area contributed by atoms with Crippen molar-refractivity contribution in [2.45, 2.75) is 31.2 Å². The maximum atomic E-state index is 12.4. The fourth-order valence-corrected chi connectivity index (χ4v) is 3.44. The number of aromatic amines is 1. The SMILES string of the molecule is CCc1ccc(N)cc1S(=O)(=O)NC(C)c1ncn[nH]1. The Hall–Kier alpha value is -1.93. The summed E-state index contributed by atoms with van der Waals surface area (Å²) in [6.45, 7) is 3.58. The molecule has 1 aromatic heterocycles. The molecule has 2 rings (SSSR count). The highest BCUT2D eigenvalue weighted by atomic mass is 32.2. The van der Waals surface area contributed by atoms with E-state index in [1.54, 1.807) is 19.1 Å². The van der Waals surface area contributed by atoms with Gasteiger partial charge in [-0.3, -0.25) is 5.10 Å². The van der Waals surface area contributed by atoms with Gasteiger partial charge in [0.15, 0.2) is 0 Å². The first-order chi connectivity index (χ1) is 9.44. The molecule has 1 atom stereocenters.